The monoisotopic (exact) mass is 391 g/mol. The van der Waals surface area contributed by atoms with Gasteiger partial charge in [-0.05, 0) is 29.8 Å². The molecule has 0 saturated heterocycles. The lowest BCUT2D eigenvalue weighted by Crippen LogP contribution is -2.33. The third-order valence-corrected chi connectivity index (χ3v) is 7.65. The third kappa shape index (κ3) is 2.90. The van der Waals surface area contributed by atoms with Gasteiger partial charge in [-0.25, -0.2) is 8.42 Å². The highest BCUT2D eigenvalue weighted by atomic mass is 32.2. The number of nitrogens with two attached hydrogens (primary N) is 1. The van der Waals surface area contributed by atoms with E-state index in [0.29, 0.717) is 5.75 Å². The second-order valence-electron chi connectivity index (χ2n) is 6.37. The summed E-state index contributed by atoms with van der Waals surface area (Å²) in [4.78, 5) is 0.419. The van der Waals surface area contributed by atoms with Crippen LogP contribution in [-0.2, 0) is 14.6 Å². The van der Waals surface area contributed by atoms with Crippen molar-refractivity contribution in [1.82, 2.24) is 0 Å². The molecule has 0 aromatic heterocycles. The van der Waals surface area contributed by atoms with Gasteiger partial charge in [-0.15, -0.1) is 0 Å². The van der Waals surface area contributed by atoms with Gasteiger partial charge in [0, 0.05) is 13.0 Å². The molecule has 26 heavy (non-hydrogen) atoms. The van der Waals surface area contributed by atoms with Crippen molar-refractivity contribution in [2.75, 3.05) is 20.8 Å². The van der Waals surface area contributed by atoms with E-state index in [4.69, 9.17) is 27.4 Å². The van der Waals surface area contributed by atoms with Gasteiger partial charge in [-0.3, -0.25) is 0 Å². The van der Waals surface area contributed by atoms with Gasteiger partial charge in [0.15, 0.2) is 9.84 Å². The molecule has 1 fully saturated rings. The fraction of sp³-hybridized carbons (Fsp3) is 0.316. The van der Waals surface area contributed by atoms with Crippen LogP contribution in [0.3, 0.4) is 0 Å². The van der Waals surface area contributed by atoms with Crippen LogP contribution in [0.1, 0.15) is 11.5 Å². The predicted octanol–water partition coefficient (Wildman–Crippen LogP) is 2.55. The highest BCUT2D eigenvalue weighted by Crippen LogP contribution is 2.64. The van der Waals surface area contributed by atoms with Crippen molar-refractivity contribution < 1.29 is 17.9 Å². The van der Waals surface area contributed by atoms with E-state index in [0.717, 1.165) is 5.56 Å². The van der Waals surface area contributed by atoms with Gasteiger partial charge in [-0.2, -0.15) is 0 Å². The van der Waals surface area contributed by atoms with Crippen LogP contribution >= 0.6 is 12.2 Å². The summed E-state index contributed by atoms with van der Waals surface area (Å²) in [6.45, 7) is 0.149. The topological polar surface area (TPSA) is 78.6 Å². The zero-order valence-electron chi connectivity index (χ0n) is 14.6. The molecule has 3 atom stereocenters. The van der Waals surface area contributed by atoms with Gasteiger partial charge >= 0.3 is 0 Å². The Labute approximate surface area is 159 Å². The Balaban J connectivity index is 2.09. The summed E-state index contributed by atoms with van der Waals surface area (Å²) in [5.74, 6) is 0.334. The number of hydrogen-bond donors (Lipinski definition) is 1. The van der Waals surface area contributed by atoms with Gasteiger partial charge in [0.1, 0.15) is 5.75 Å². The van der Waals surface area contributed by atoms with E-state index in [1.54, 1.807) is 49.6 Å². The number of hydrogen-bond acceptors (Lipinski definition) is 5. The highest BCUT2D eigenvalue weighted by molar-refractivity contribution is 7.92. The molecule has 0 heterocycles. The summed E-state index contributed by atoms with van der Waals surface area (Å²) in [5, 5.41) is -0.761. The third-order valence-electron chi connectivity index (χ3n) is 4.98. The smallest absolute Gasteiger partial charge is 0.182 e. The van der Waals surface area contributed by atoms with Crippen LogP contribution in [0.5, 0.6) is 5.75 Å². The first kappa shape index (κ1) is 18.8. The Morgan fingerprint density at radius 1 is 1.12 bits per heavy atom. The Hall–Kier alpha value is -1.96. The maximum Gasteiger partial charge on any atom is 0.182 e. The molecule has 1 aliphatic rings. The molecule has 3 rings (SSSR count). The molecule has 0 spiro atoms. The minimum atomic E-state index is -3.63. The zero-order chi connectivity index (χ0) is 18.9. The molecule has 138 valence electrons. The molecule has 0 aliphatic heterocycles. The molecule has 0 unspecified atom stereocenters. The predicted molar refractivity (Wildman–Crippen MR) is 104 cm³/mol. The van der Waals surface area contributed by atoms with Gasteiger partial charge in [0.05, 0.1) is 34.3 Å². The van der Waals surface area contributed by atoms with E-state index in [-0.39, 0.29) is 22.4 Å². The van der Waals surface area contributed by atoms with E-state index in [9.17, 15) is 8.42 Å². The first-order chi connectivity index (χ1) is 12.4. The number of benzene rings is 2. The average molecular weight is 392 g/mol. The number of ether oxygens (including phenoxy) is 2. The Bertz CT molecular complexity index is 897. The first-order valence-corrected chi connectivity index (χ1v) is 10.1. The van der Waals surface area contributed by atoms with Crippen molar-refractivity contribution in [2.45, 2.75) is 16.1 Å². The minimum Gasteiger partial charge on any atom is -0.497 e. The van der Waals surface area contributed by atoms with E-state index >= 15 is 0 Å². The number of rotatable bonds is 7. The van der Waals surface area contributed by atoms with Crippen molar-refractivity contribution in [3.63, 3.8) is 0 Å². The minimum absolute atomic E-state index is 0.149. The lowest BCUT2D eigenvalue weighted by Gasteiger charge is -2.16. The average Bonchev–Trinajstić information content (AvgIpc) is 3.34. The van der Waals surface area contributed by atoms with Crippen LogP contribution in [-0.4, -0.2) is 39.5 Å². The molecule has 1 saturated carbocycles. The van der Waals surface area contributed by atoms with E-state index < -0.39 is 20.5 Å². The van der Waals surface area contributed by atoms with Gasteiger partial charge in [0.2, 0.25) is 0 Å². The van der Waals surface area contributed by atoms with Crippen molar-refractivity contribution in [1.29, 1.82) is 0 Å². The largest absolute Gasteiger partial charge is 0.497 e. The summed E-state index contributed by atoms with van der Waals surface area (Å²) < 4.78 is 37.1. The van der Waals surface area contributed by atoms with Gasteiger partial charge < -0.3 is 15.2 Å². The molecule has 7 heteroatoms. The van der Waals surface area contributed by atoms with Crippen LogP contribution < -0.4 is 10.5 Å². The van der Waals surface area contributed by atoms with Crippen molar-refractivity contribution in [3.8, 4) is 5.75 Å². The fourth-order valence-corrected chi connectivity index (χ4v) is 6.47. The Morgan fingerprint density at radius 2 is 1.73 bits per heavy atom. The lowest BCUT2D eigenvalue weighted by atomic mass is 10.00. The van der Waals surface area contributed by atoms with Crippen molar-refractivity contribution >= 4 is 27.0 Å². The van der Waals surface area contributed by atoms with Crippen molar-refractivity contribution in [2.24, 2.45) is 11.1 Å². The summed E-state index contributed by atoms with van der Waals surface area (Å²) >= 11 is 5.29. The molecule has 2 aromatic rings. The molecule has 0 amide bonds. The van der Waals surface area contributed by atoms with Crippen LogP contribution in [0.25, 0.3) is 0 Å². The van der Waals surface area contributed by atoms with Gasteiger partial charge in [0.25, 0.3) is 0 Å². The maximum absolute atomic E-state index is 13.3. The van der Waals surface area contributed by atoms with E-state index in [1.807, 2.05) is 12.1 Å². The zero-order valence-corrected chi connectivity index (χ0v) is 16.2. The second-order valence-corrected chi connectivity index (χ2v) is 8.88. The molecule has 5 nitrogen and oxygen atoms in total. The molecule has 2 N–H and O–H groups in total. The van der Waals surface area contributed by atoms with E-state index in [2.05, 4.69) is 0 Å². The molecule has 0 radical (unpaired) electrons. The van der Waals surface area contributed by atoms with Crippen molar-refractivity contribution in [3.05, 3.63) is 60.2 Å². The molecule has 1 aliphatic carbocycles. The molecular weight excluding hydrogens is 370 g/mol. The van der Waals surface area contributed by atoms with Gasteiger partial charge in [-0.1, -0.05) is 42.5 Å². The Kier molecular flexibility index (Phi) is 5.05. The maximum atomic E-state index is 13.3. The number of thiocarbonyl (C=S) groups is 1. The van der Waals surface area contributed by atoms with Crippen LogP contribution in [0, 0.1) is 5.41 Å². The van der Waals surface area contributed by atoms with Crippen LogP contribution in [0.4, 0.5) is 0 Å². The van der Waals surface area contributed by atoms with E-state index in [1.165, 1.54) is 7.11 Å². The number of methoxy groups -OCH3 is 2. The number of sulfone groups is 1. The fourth-order valence-electron chi connectivity index (χ4n) is 3.68. The molecular formula is C19H21NO4S2. The standard InChI is InChI=1S/C19H21NO4S2/c1-23-12-19(18(20)25)16(13-8-10-14(24-2)11-9-13)17(19)26(21,22)15-6-4-3-5-7-15/h3-11,16-17H,12H2,1-2H3,(H2,20,25)/t16-,17-,19+/m0/s1. The highest BCUT2D eigenvalue weighted by Gasteiger charge is 2.73. The SMILES string of the molecule is COC[C@@]1(C(N)=S)[C@@H](c2ccc(OC)cc2)[C@@H]1S(=O)(=O)c1ccccc1. The summed E-state index contributed by atoms with van der Waals surface area (Å²) in [5.41, 5.74) is 5.95. The summed E-state index contributed by atoms with van der Waals surface area (Å²) in [7, 11) is -0.527. The first-order valence-electron chi connectivity index (χ1n) is 8.11. The molecule has 2 aromatic carbocycles. The van der Waals surface area contributed by atoms with Crippen LogP contribution in [0.2, 0.25) is 0 Å². The van der Waals surface area contributed by atoms with Crippen LogP contribution in [0.15, 0.2) is 59.5 Å². The molecule has 0 bridgehead atoms. The summed E-state index contributed by atoms with van der Waals surface area (Å²) in [6.07, 6.45) is 0. The second kappa shape index (κ2) is 6.98. The normalized spacial score (nSPS) is 24.8. The quantitative estimate of drug-likeness (QED) is 0.731. The Morgan fingerprint density at radius 3 is 2.23 bits per heavy atom. The summed E-state index contributed by atoms with van der Waals surface area (Å²) in [6, 6.07) is 15.7. The lowest BCUT2D eigenvalue weighted by molar-refractivity contribution is 0.166.